The van der Waals surface area contributed by atoms with Gasteiger partial charge in [0.1, 0.15) is 0 Å². The number of aromatic nitrogens is 1. The molecule has 1 aliphatic rings. The number of rotatable bonds is 4. The topological polar surface area (TPSA) is 88.3 Å². The lowest BCUT2D eigenvalue weighted by Crippen LogP contribution is -2.48. The second-order valence-corrected chi connectivity index (χ2v) is 4.50. The molecule has 0 amide bonds. The van der Waals surface area contributed by atoms with E-state index >= 15 is 0 Å². The second kappa shape index (κ2) is 4.29. The summed E-state index contributed by atoms with van der Waals surface area (Å²) in [6, 6.07) is 1.61. The van der Waals surface area contributed by atoms with Gasteiger partial charge in [-0.05, 0) is 32.3 Å². The standard InChI is InChI=1S/C11H15N3O3/c1-8-3-6-12-10(9(8)14(16)17)13-11(7-15)4-2-5-11/h3,6,15H,2,4-5,7H2,1H3,(H,12,13). The molecule has 0 spiro atoms. The zero-order valence-corrected chi connectivity index (χ0v) is 9.64. The molecule has 1 aromatic rings. The summed E-state index contributed by atoms with van der Waals surface area (Å²) in [6.45, 7) is 1.65. The first kappa shape index (κ1) is 11.8. The molecule has 1 heterocycles. The van der Waals surface area contributed by atoms with E-state index in [2.05, 4.69) is 10.3 Å². The van der Waals surface area contributed by atoms with Crippen molar-refractivity contribution in [3.8, 4) is 0 Å². The highest BCUT2D eigenvalue weighted by Gasteiger charge is 2.38. The van der Waals surface area contributed by atoms with Gasteiger partial charge >= 0.3 is 5.69 Å². The van der Waals surface area contributed by atoms with Crippen LogP contribution in [0, 0.1) is 17.0 Å². The Labute approximate surface area is 98.8 Å². The van der Waals surface area contributed by atoms with Crippen LogP contribution < -0.4 is 5.32 Å². The largest absolute Gasteiger partial charge is 0.394 e. The Morgan fingerprint density at radius 1 is 1.65 bits per heavy atom. The molecule has 2 rings (SSSR count). The minimum atomic E-state index is -0.436. The Kier molecular flexibility index (Phi) is 2.97. The lowest BCUT2D eigenvalue weighted by molar-refractivity contribution is -0.384. The molecular weight excluding hydrogens is 222 g/mol. The van der Waals surface area contributed by atoms with Gasteiger partial charge in [-0.15, -0.1) is 0 Å². The van der Waals surface area contributed by atoms with Crippen molar-refractivity contribution >= 4 is 11.5 Å². The van der Waals surface area contributed by atoms with Crippen LogP contribution in [0.25, 0.3) is 0 Å². The number of aliphatic hydroxyl groups is 1. The number of nitrogens with one attached hydrogen (secondary N) is 1. The zero-order chi connectivity index (χ0) is 12.5. The third kappa shape index (κ3) is 2.08. The summed E-state index contributed by atoms with van der Waals surface area (Å²) < 4.78 is 0. The molecule has 0 saturated heterocycles. The number of aliphatic hydroxyl groups excluding tert-OH is 1. The molecule has 6 nitrogen and oxygen atoms in total. The van der Waals surface area contributed by atoms with E-state index in [-0.39, 0.29) is 18.1 Å². The summed E-state index contributed by atoms with van der Waals surface area (Å²) in [7, 11) is 0. The summed E-state index contributed by atoms with van der Waals surface area (Å²) >= 11 is 0. The van der Waals surface area contributed by atoms with Crippen LogP contribution in [0.3, 0.4) is 0 Å². The Hall–Kier alpha value is -1.69. The summed E-state index contributed by atoms with van der Waals surface area (Å²) in [6.07, 6.45) is 4.19. The first-order valence-electron chi connectivity index (χ1n) is 5.57. The SMILES string of the molecule is Cc1ccnc(NC2(CO)CCC2)c1[N+](=O)[O-]. The summed E-state index contributed by atoms with van der Waals surface area (Å²) in [4.78, 5) is 14.6. The number of anilines is 1. The molecule has 1 fully saturated rings. The molecular formula is C11H15N3O3. The number of hydrogen-bond acceptors (Lipinski definition) is 5. The van der Waals surface area contributed by atoms with E-state index in [1.165, 1.54) is 6.20 Å². The van der Waals surface area contributed by atoms with Crippen molar-refractivity contribution in [1.29, 1.82) is 0 Å². The maximum absolute atomic E-state index is 11.0. The molecule has 1 aliphatic carbocycles. The van der Waals surface area contributed by atoms with Gasteiger partial charge in [0, 0.05) is 11.8 Å². The predicted octanol–water partition coefficient (Wildman–Crippen LogP) is 1.63. The highest BCUT2D eigenvalue weighted by atomic mass is 16.6. The molecule has 0 unspecified atom stereocenters. The minimum Gasteiger partial charge on any atom is -0.394 e. The molecule has 1 saturated carbocycles. The maximum atomic E-state index is 11.0. The third-order valence-corrected chi connectivity index (χ3v) is 3.31. The molecule has 0 radical (unpaired) electrons. The monoisotopic (exact) mass is 237 g/mol. The van der Waals surface area contributed by atoms with Crippen LogP contribution in [-0.2, 0) is 0 Å². The van der Waals surface area contributed by atoms with Crippen molar-refractivity contribution in [2.24, 2.45) is 0 Å². The van der Waals surface area contributed by atoms with Gasteiger partial charge in [-0.25, -0.2) is 4.98 Å². The normalized spacial score (nSPS) is 17.3. The van der Waals surface area contributed by atoms with Gasteiger partial charge in [0.15, 0.2) is 0 Å². The van der Waals surface area contributed by atoms with E-state index in [0.717, 1.165) is 19.3 Å². The summed E-state index contributed by atoms with van der Waals surface area (Å²) in [5.41, 5.74) is 0.137. The van der Waals surface area contributed by atoms with E-state index in [0.29, 0.717) is 5.56 Å². The van der Waals surface area contributed by atoms with Crippen LogP contribution in [0.4, 0.5) is 11.5 Å². The average Bonchev–Trinajstić information content (AvgIpc) is 2.23. The highest BCUT2D eigenvalue weighted by Crippen LogP contribution is 2.37. The molecule has 1 aromatic heterocycles. The molecule has 92 valence electrons. The number of nitrogens with zero attached hydrogens (tertiary/aromatic N) is 2. The van der Waals surface area contributed by atoms with Crippen LogP contribution >= 0.6 is 0 Å². The Balaban J connectivity index is 2.32. The lowest BCUT2D eigenvalue weighted by atomic mass is 9.77. The number of pyridine rings is 1. The number of nitro groups is 1. The second-order valence-electron chi connectivity index (χ2n) is 4.50. The van der Waals surface area contributed by atoms with Crippen LogP contribution in [0.2, 0.25) is 0 Å². The first-order chi connectivity index (χ1) is 8.08. The number of aryl methyl sites for hydroxylation is 1. The molecule has 0 bridgehead atoms. The Bertz CT molecular complexity index is 438. The highest BCUT2D eigenvalue weighted by molar-refractivity contribution is 5.61. The van der Waals surface area contributed by atoms with E-state index in [4.69, 9.17) is 0 Å². The average molecular weight is 237 g/mol. The third-order valence-electron chi connectivity index (χ3n) is 3.31. The van der Waals surface area contributed by atoms with E-state index in [1.54, 1.807) is 13.0 Å². The first-order valence-corrected chi connectivity index (χ1v) is 5.57. The van der Waals surface area contributed by atoms with Crippen molar-refractivity contribution in [2.75, 3.05) is 11.9 Å². The van der Waals surface area contributed by atoms with E-state index in [1.807, 2.05) is 0 Å². The van der Waals surface area contributed by atoms with Crippen molar-refractivity contribution in [3.05, 3.63) is 27.9 Å². The molecule has 0 aliphatic heterocycles. The van der Waals surface area contributed by atoms with Crippen LogP contribution in [-0.4, -0.2) is 27.2 Å². The van der Waals surface area contributed by atoms with Gasteiger partial charge < -0.3 is 10.4 Å². The smallest absolute Gasteiger partial charge is 0.314 e. The van der Waals surface area contributed by atoms with Gasteiger partial charge in [0.2, 0.25) is 5.82 Å². The van der Waals surface area contributed by atoms with Gasteiger partial charge in [-0.3, -0.25) is 10.1 Å². The fraction of sp³-hybridized carbons (Fsp3) is 0.545. The van der Waals surface area contributed by atoms with Gasteiger partial charge in [-0.2, -0.15) is 0 Å². The fourth-order valence-electron chi connectivity index (χ4n) is 2.05. The predicted molar refractivity (Wildman–Crippen MR) is 62.9 cm³/mol. The molecule has 0 aromatic carbocycles. The van der Waals surface area contributed by atoms with Gasteiger partial charge in [-0.1, -0.05) is 0 Å². The molecule has 17 heavy (non-hydrogen) atoms. The van der Waals surface area contributed by atoms with Crippen molar-refractivity contribution < 1.29 is 10.0 Å². The Morgan fingerprint density at radius 3 is 2.82 bits per heavy atom. The summed E-state index contributed by atoms with van der Waals surface area (Å²) in [5, 5.41) is 23.4. The van der Waals surface area contributed by atoms with Crippen molar-refractivity contribution in [3.63, 3.8) is 0 Å². The molecule has 2 N–H and O–H groups in total. The Morgan fingerprint density at radius 2 is 2.35 bits per heavy atom. The number of hydrogen-bond donors (Lipinski definition) is 2. The van der Waals surface area contributed by atoms with E-state index < -0.39 is 10.5 Å². The van der Waals surface area contributed by atoms with E-state index in [9.17, 15) is 15.2 Å². The minimum absolute atomic E-state index is 0.00720. The van der Waals surface area contributed by atoms with Crippen molar-refractivity contribution in [2.45, 2.75) is 31.7 Å². The van der Waals surface area contributed by atoms with Crippen LogP contribution in [0.1, 0.15) is 24.8 Å². The van der Waals surface area contributed by atoms with Crippen LogP contribution in [0.5, 0.6) is 0 Å². The summed E-state index contributed by atoms with van der Waals surface area (Å²) in [5.74, 6) is 0.253. The zero-order valence-electron chi connectivity index (χ0n) is 9.64. The lowest BCUT2D eigenvalue weighted by Gasteiger charge is -2.41. The maximum Gasteiger partial charge on any atom is 0.314 e. The van der Waals surface area contributed by atoms with Crippen molar-refractivity contribution in [1.82, 2.24) is 4.98 Å². The fourth-order valence-corrected chi connectivity index (χ4v) is 2.05. The quantitative estimate of drug-likeness (QED) is 0.613. The molecule has 0 atom stereocenters. The van der Waals surface area contributed by atoms with Crippen LogP contribution in [0.15, 0.2) is 12.3 Å². The molecule has 6 heteroatoms. The van der Waals surface area contributed by atoms with Gasteiger partial charge in [0.05, 0.1) is 17.1 Å². The van der Waals surface area contributed by atoms with Gasteiger partial charge in [0.25, 0.3) is 0 Å².